The molecule has 0 spiro atoms. The Bertz CT molecular complexity index is 2260. The summed E-state index contributed by atoms with van der Waals surface area (Å²) in [5, 5.41) is 15.2. The highest BCUT2D eigenvalue weighted by Gasteiger charge is 2.64. The molecule has 0 radical (unpaired) electrons. The molecule has 2 N–H and O–H groups in total. The first-order valence-electron chi connectivity index (χ1n) is 22.3. The highest BCUT2D eigenvalue weighted by atomic mass is 35.5. The Morgan fingerprint density at radius 3 is 2.30 bits per heavy atom. The number of nitrogens with zero attached hydrogens (tertiary/aromatic N) is 4. The number of imide groups is 1. The van der Waals surface area contributed by atoms with Crippen molar-refractivity contribution in [1.29, 1.82) is 5.26 Å². The second-order valence-electron chi connectivity index (χ2n) is 19.5. The van der Waals surface area contributed by atoms with Crippen LogP contribution in [0.25, 0.3) is 0 Å². The van der Waals surface area contributed by atoms with Crippen LogP contribution < -0.4 is 25.0 Å². The Kier molecular flexibility index (Phi) is 12.5. The number of benzene rings is 3. The number of carbonyl (C=O) groups is 4. The number of rotatable bonds is 12. The molecule has 3 aliphatic heterocycles. The van der Waals surface area contributed by atoms with Gasteiger partial charge in [-0.1, -0.05) is 45.4 Å². The topological polar surface area (TPSA) is 154 Å². The average Bonchev–Trinajstić information content (AvgIpc) is 3.40. The average molecular weight is 879 g/mol. The van der Waals surface area contributed by atoms with Crippen LogP contribution in [0.3, 0.4) is 0 Å². The molecular formula is C49H59ClN6O7. The van der Waals surface area contributed by atoms with E-state index < -0.39 is 11.9 Å². The number of ether oxygens (including phenoxy) is 3. The molecule has 3 aromatic rings. The summed E-state index contributed by atoms with van der Waals surface area (Å²) in [5.74, 6) is 0.617. The van der Waals surface area contributed by atoms with Crippen LogP contribution in [-0.2, 0) is 20.9 Å². The van der Waals surface area contributed by atoms with Crippen molar-refractivity contribution in [2.24, 2.45) is 16.7 Å². The molecule has 1 atom stereocenters. The molecule has 3 heterocycles. The number of nitriles is 1. The summed E-state index contributed by atoms with van der Waals surface area (Å²) >= 11 is 6.27. The molecule has 5 aliphatic rings. The van der Waals surface area contributed by atoms with Gasteiger partial charge in [-0.05, 0) is 93.1 Å². The molecule has 13 nitrogen and oxygen atoms in total. The number of piperidine rings is 2. The van der Waals surface area contributed by atoms with Gasteiger partial charge in [0.2, 0.25) is 11.8 Å². The second-order valence-corrected chi connectivity index (χ2v) is 19.9. The Balaban J connectivity index is 0.799. The molecule has 63 heavy (non-hydrogen) atoms. The Morgan fingerprint density at radius 2 is 1.65 bits per heavy atom. The zero-order valence-electron chi connectivity index (χ0n) is 37.1. The molecular weight excluding hydrogens is 820 g/mol. The van der Waals surface area contributed by atoms with Crippen molar-refractivity contribution >= 4 is 40.9 Å². The number of hydrogen-bond donors (Lipinski definition) is 2. The Labute approximate surface area is 375 Å². The summed E-state index contributed by atoms with van der Waals surface area (Å²) in [4.78, 5) is 58.0. The van der Waals surface area contributed by atoms with Gasteiger partial charge in [0, 0.05) is 90.7 Å². The van der Waals surface area contributed by atoms with Gasteiger partial charge in [0.15, 0.2) is 0 Å². The van der Waals surface area contributed by atoms with E-state index >= 15 is 0 Å². The summed E-state index contributed by atoms with van der Waals surface area (Å²) < 4.78 is 18.6. The first-order valence-corrected chi connectivity index (χ1v) is 22.7. The number of hydrogen-bond acceptors (Lipinski definition) is 10. The van der Waals surface area contributed by atoms with Crippen LogP contribution in [-0.4, -0.2) is 96.2 Å². The minimum absolute atomic E-state index is 0.0180. The fourth-order valence-electron chi connectivity index (χ4n) is 10.8. The van der Waals surface area contributed by atoms with E-state index in [-0.39, 0.29) is 73.0 Å². The molecule has 4 amide bonds. The summed E-state index contributed by atoms with van der Waals surface area (Å²) in [6, 6.07) is 20.6. The normalized spacial score (nSPS) is 25.6. The zero-order chi connectivity index (χ0) is 44.8. The van der Waals surface area contributed by atoms with Crippen molar-refractivity contribution in [2.45, 2.75) is 123 Å². The van der Waals surface area contributed by atoms with Crippen molar-refractivity contribution in [3.05, 3.63) is 87.9 Å². The lowest BCUT2D eigenvalue weighted by Crippen LogP contribution is -2.74. The Hall–Kier alpha value is -5.16. The third-order valence-corrected chi connectivity index (χ3v) is 14.5. The van der Waals surface area contributed by atoms with Crippen molar-refractivity contribution in [2.75, 3.05) is 31.3 Å². The van der Waals surface area contributed by atoms with E-state index in [4.69, 9.17) is 25.8 Å². The third kappa shape index (κ3) is 9.00. The molecule has 334 valence electrons. The standard InChI is InChI=1S/C49H59ClN6O7/c1-29(2)55(35-21-38(22-35)62-36-14-10-33-27-61-28-56(45(60)39(33)23-36)41-15-16-42(57)52-44(41)59)26-30-17-19-54(20-18-30)34-11-7-31(8-12-34)43(58)53-46-48(3,4)47(49(46,5)6)63-37-13-9-32(25-51)40(50)24-37/h7-14,23-24,29-30,35,38,41,46-47H,15-22,26-28H2,1-6H3,(H,53,58)(H,52,57,59). The van der Waals surface area contributed by atoms with Gasteiger partial charge < -0.3 is 29.3 Å². The molecule has 0 aromatic heterocycles. The van der Waals surface area contributed by atoms with Gasteiger partial charge >= 0.3 is 0 Å². The van der Waals surface area contributed by atoms with E-state index in [9.17, 15) is 24.4 Å². The summed E-state index contributed by atoms with van der Waals surface area (Å²) in [7, 11) is 0. The summed E-state index contributed by atoms with van der Waals surface area (Å²) in [5.41, 5.74) is 2.67. The quantitative estimate of drug-likeness (QED) is 0.180. The monoisotopic (exact) mass is 878 g/mol. The number of nitrogens with one attached hydrogen (secondary N) is 2. The smallest absolute Gasteiger partial charge is 0.256 e. The molecule has 2 aliphatic carbocycles. The van der Waals surface area contributed by atoms with Crippen LogP contribution in [0.5, 0.6) is 11.5 Å². The fourth-order valence-corrected chi connectivity index (χ4v) is 11.0. The van der Waals surface area contributed by atoms with Crippen molar-refractivity contribution in [3.63, 3.8) is 0 Å². The third-order valence-electron chi connectivity index (χ3n) is 14.2. The first kappa shape index (κ1) is 44.4. The van der Waals surface area contributed by atoms with Crippen LogP contribution in [0, 0.1) is 28.1 Å². The lowest BCUT2D eigenvalue weighted by molar-refractivity contribution is -0.164. The molecule has 0 bridgehead atoms. The largest absolute Gasteiger partial charge is 0.490 e. The van der Waals surface area contributed by atoms with Gasteiger partial charge in [0.25, 0.3) is 11.8 Å². The van der Waals surface area contributed by atoms with Crippen molar-refractivity contribution < 1.29 is 33.4 Å². The van der Waals surface area contributed by atoms with Crippen LogP contribution in [0.1, 0.15) is 112 Å². The molecule has 3 aromatic carbocycles. The maximum Gasteiger partial charge on any atom is 0.256 e. The van der Waals surface area contributed by atoms with E-state index in [0.717, 1.165) is 56.6 Å². The SMILES string of the molecule is CC(C)N(CC1CCN(c2ccc(C(=O)NC3C(C)(C)C(Oc4ccc(C#N)c(Cl)c4)C3(C)C)cc2)CC1)C1CC(Oc2ccc3c(c2)C(=O)N(C2CCC(=O)NC2=O)COC3)C1. The zero-order valence-corrected chi connectivity index (χ0v) is 37.9. The van der Waals surface area contributed by atoms with Gasteiger partial charge in [-0.2, -0.15) is 5.26 Å². The second kappa shape index (κ2) is 17.8. The number of amides is 4. The number of carbonyl (C=O) groups excluding carboxylic acids is 4. The molecule has 2 saturated carbocycles. The van der Waals surface area contributed by atoms with Gasteiger partial charge in [-0.25, -0.2) is 0 Å². The fraction of sp³-hybridized carbons (Fsp3) is 0.531. The van der Waals surface area contributed by atoms with Crippen LogP contribution in [0.4, 0.5) is 5.69 Å². The predicted octanol–water partition coefficient (Wildman–Crippen LogP) is 7.10. The predicted molar refractivity (Wildman–Crippen MR) is 238 cm³/mol. The number of halogens is 1. The maximum atomic E-state index is 13.7. The van der Waals surface area contributed by atoms with E-state index in [1.165, 1.54) is 4.90 Å². The molecule has 4 fully saturated rings. The van der Waals surface area contributed by atoms with E-state index in [2.05, 4.69) is 80.2 Å². The van der Waals surface area contributed by atoms with Gasteiger partial charge in [-0.3, -0.25) is 29.4 Å². The minimum Gasteiger partial charge on any atom is -0.490 e. The van der Waals surface area contributed by atoms with Gasteiger partial charge in [-0.15, -0.1) is 0 Å². The first-order chi connectivity index (χ1) is 30.0. The van der Waals surface area contributed by atoms with Gasteiger partial charge in [0.1, 0.15) is 42.5 Å². The molecule has 8 rings (SSSR count). The van der Waals surface area contributed by atoms with Crippen LogP contribution in [0.15, 0.2) is 60.7 Å². The highest BCUT2D eigenvalue weighted by molar-refractivity contribution is 6.31. The lowest BCUT2D eigenvalue weighted by Gasteiger charge is -2.63. The van der Waals surface area contributed by atoms with Crippen molar-refractivity contribution in [3.8, 4) is 17.6 Å². The van der Waals surface area contributed by atoms with E-state index in [1.807, 2.05) is 24.3 Å². The van der Waals surface area contributed by atoms with Gasteiger partial charge in [0.05, 0.1) is 17.2 Å². The molecule has 14 heteroatoms. The van der Waals surface area contributed by atoms with E-state index in [1.54, 1.807) is 24.3 Å². The lowest BCUT2D eigenvalue weighted by atomic mass is 9.49. The number of anilines is 1. The van der Waals surface area contributed by atoms with Crippen LogP contribution >= 0.6 is 11.6 Å². The highest BCUT2D eigenvalue weighted by Crippen LogP contribution is 2.55. The minimum atomic E-state index is -0.751. The Morgan fingerprint density at radius 1 is 0.968 bits per heavy atom. The molecule has 1 unspecified atom stereocenters. The van der Waals surface area contributed by atoms with E-state index in [0.29, 0.717) is 51.2 Å². The van der Waals surface area contributed by atoms with Crippen molar-refractivity contribution in [1.82, 2.24) is 20.4 Å². The summed E-state index contributed by atoms with van der Waals surface area (Å²) in [6.45, 7) is 16.1. The van der Waals surface area contributed by atoms with Crippen LogP contribution in [0.2, 0.25) is 5.02 Å². The molecule has 2 saturated heterocycles. The maximum absolute atomic E-state index is 13.7. The summed E-state index contributed by atoms with van der Waals surface area (Å²) in [6.07, 6.45) is 4.31. The number of fused-ring (bicyclic) bond motifs is 1.